The maximum absolute atomic E-state index is 6.20. The number of hydrogen-bond donors (Lipinski definition) is 0. The third-order valence-corrected chi connectivity index (χ3v) is 5.98. The summed E-state index contributed by atoms with van der Waals surface area (Å²) in [7, 11) is 0. The van der Waals surface area contributed by atoms with Gasteiger partial charge in [-0.2, -0.15) is 0 Å². The van der Waals surface area contributed by atoms with Crippen LogP contribution in [0, 0.1) is 0 Å². The lowest BCUT2D eigenvalue weighted by atomic mass is 9.87. The molecule has 0 unspecified atom stereocenters. The van der Waals surface area contributed by atoms with Crippen molar-refractivity contribution >= 4 is 11.4 Å². The van der Waals surface area contributed by atoms with Gasteiger partial charge in [-0.05, 0) is 56.6 Å². The van der Waals surface area contributed by atoms with Gasteiger partial charge in [-0.3, -0.25) is 0 Å². The van der Waals surface area contributed by atoms with Crippen LogP contribution < -0.4 is 9.64 Å². The third-order valence-electron chi connectivity index (χ3n) is 5.98. The predicted molar refractivity (Wildman–Crippen MR) is 98.5 cm³/mol. The Hall–Kier alpha value is -1.90. The topological polar surface area (TPSA) is 15.7 Å². The molecule has 4 aliphatic rings. The van der Waals surface area contributed by atoms with Crippen molar-refractivity contribution in [2.24, 2.45) is 0 Å². The molecule has 0 spiro atoms. The molecule has 1 aromatic rings. The van der Waals surface area contributed by atoms with Gasteiger partial charge in [0.15, 0.2) is 0 Å². The highest BCUT2D eigenvalue weighted by atomic mass is 16.5. The number of hydrogen-bond acceptors (Lipinski definition) is 3. The van der Waals surface area contributed by atoms with E-state index in [9.17, 15) is 0 Å². The van der Waals surface area contributed by atoms with E-state index < -0.39 is 0 Å². The van der Waals surface area contributed by atoms with E-state index in [0.29, 0.717) is 0 Å². The van der Waals surface area contributed by atoms with Gasteiger partial charge in [0, 0.05) is 49.1 Å². The smallest absolute Gasteiger partial charge is 0.141 e. The van der Waals surface area contributed by atoms with Gasteiger partial charge in [-0.15, -0.1) is 0 Å². The van der Waals surface area contributed by atoms with Gasteiger partial charge in [0.2, 0.25) is 0 Å². The molecular formula is C21H26N2O. The van der Waals surface area contributed by atoms with Crippen LogP contribution in [-0.2, 0) is 12.8 Å². The maximum atomic E-state index is 6.20. The largest absolute Gasteiger partial charge is 0.457 e. The highest BCUT2D eigenvalue weighted by Gasteiger charge is 2.32. The Balaban J connectivity index is 1.67. The lowest BCUT2D eigenvalue weighted by Crippen LogP contribution is -2.35. The molecule has 0 bridgehead atoms. The van der Waals surface area contributed by atoms with Crippen molar-refractivity contribution < 1.29 is 4.74 Å². The molecule has 3 nitrogen and oxygen atoms in total. The van der Waals surface area contributed by atoms with Crippen molar-refractivity contribution in [1.82, 2.24) is 4.90 Å². The predicted octanol–water partition coefficient (Wildman–Crippen LogP) is 4.12. The summed E-state index contributed by atoms with van der Waals surface area (Å²) in [5.74, 6) is 1.90. The standard InChI is InChI=1S/C21H26N2O/c1-15-13-19(22-9-3-2-4-10-22)18-14-16-7-5-11-23-12-6-8-17(20(16)23)21(18)24-15/h13-14H,1-12H2. The molecule has 1 fully saturated rings. The molecule has 0 atom stereocenters. The SMILES string of the molecule is C=C1C=C(N2CCCCC2)c2cc3c4c(c2O1)CCCN4CCC3. The first-order valence-corrected chi connectivity index (χ1v) is 9.59. The van der Waals surface area contributed by atoms with Crippen LogP contribution in [0.4, 0.5) is 5.69 Å². The van der Waals surface area contributed by atoms with Crippen LogP contribution in [0.3, 0.4) is 0 Å². The van der Waals surface area contributed by atoms with Crippen LogP contribution in [0.15, 0.2) is 24.5 Å². The van der Waals surface area contributed by atoms with Crippen LogP contribution in [0.25, 0.3) is 5.70 Å². The second-order valence-corrected chi connectivity index (χ2v) is 7.58. The second kappa shape index (κ2) is 5.58. The molecule has 0 radical (unpaired) electrons. The van der Waals surface area contributed by atoms with Crippen molar-refractivity contribution in [3.8, 4) is 5.75 Å². The highest BCUT2D eigenvalue weighted by molar-refractivity contribution is 5.81. The fourth-order valence-electron chi connectivity index (χ4n) is 4.93. The molecule has 0 N–H and O–H groups in total. The van der Waals surface area contributed by atoms with Crippen molar-refractivity contribution in [3.63, 3.8) is 0 Å². The van der Waals surface area contributed by atoms with Crippen LogP contribution in [0.1, 0.15) is 48.8 Å². The quantitative estimate of drug-likeness (QED) is 0.773. The summed E-state index contributed by atoms with van der Waals surface area (Å²) in [5.41, 5.74) is 7.13. The zero-order valence-electron chi connectivity index (χ0n) is 14.4. The van der Waals surface area contributed by atoms with E-state index >= 15 is 0 Å². The number of benzene rings is 1. The highest BCUT2D eigenvalue weighted by Crippen LogP contribution is 2.47. The average Bonchev–Trinajstić information content (AvgIpc) is 2.63. The maximum Gasteiger partial charge on any atom is 0.141 e. The Morgan fingerprint density at radius 3 is 2.46 bits per heavy atom. The molecule has 126 valence electrons. The average molecular weight is 322 g/mol. The fraction of sp³-hybridized carbons (Fsp3) is 0.524. The van der Waals surface area contributed by atoms with Crippen LogP contribution in [-0.4, -0.2) is 31.1 Å². The minimum atomic E-state index is 0.798. The Bertz CT molecular complexity index is 726. The summed E-state index contributed by atoms with van der Waals surface area (Å²) in [6, 6.07) is 2.43. The van der Waals surface area contributed by atoms with Gasteiger partial charge in [-0.25, -0.2) is 0 Å². The van der Waals surface area contributed by atoms with Gasteiger partial charge in [0.1, 0.15) is 11.5 Å². The minimum Gasteiger partial charge on any atom is -0.457 e. The molecule has 0 amide bonds. The molecule has 4 aliphatic heterocycles. The summed E-state index contributed by atoms with van der Waals surface area (Å²) in [6.07, 6.45) is 11.0. The molecule has 0 aromatic heterocycles. The molecule has 0 saturated carbocycles. The first-order valence-electron chi connectivity index (χ1n) is 9.59. The number of allylic oxidation sites excluding steroid dienone is 1. The summed E-state index contributed by atoms with van der Waals surface area (Å²) in [5, 5.41) is 0. The Kier molecular flexibility index (Phi) is 3.36. The zero-order valence-corrected chi connectivity index (χ0v) is 14.4. The van der Waals surface area contributed by atoms with Gasteiger partial charge in [0.25, 0.3) is 0 Å². The molecule has 1 aromatic carbocycles. The summed E-state index contributed by atoms with van der Waals surface area (Å²) >= 11 is 0. The van der Waals surface area contributed by atoms with E-state index in [2.05, 4.69) is 28.5 Å². The number of aryl methyl sites for hydroxylation is 1. The normalized spacial score (nSPS) is 22.5. The van der Waals surface area contributed by atoms with E-state index in [1.165, 1.54) is 79.7 Å². The van der Waals surface area contributed by atoms with Crippen molar-refractivity contribution in [2.75, 3.05) is 31.1 Å². The summed E-state index contributed by atoms with van der Waals surface area (Å²) < 4.78 is 6.20. The van der Waals surface area contributed by atoms with E-state index in [4.69, 9.17) is 4.74 Å². The zero-order chi connectivity index (χ0) is 16.1. The number of anilines is 1. The number of ether oxygens (including phenoxy) is 1. The first kappa shape index (κ1) is 14.4. The monoisotopic (exact) mass is 322 g/mol. The lowest BCUT2D eigenvalue weighted by molar-refractivity contribution is 0.319. The number of rotatable bonds is 1. The van der Waals surface area contributed by atoms with Crippen LogP contribution in [0.2, 0.25) is 0 Å². The van der Waals surface area contributed by atoms with Crippen molar-refractivity contribution in [1.29, 1.82) is 0 Å². The number of nitrogens with zero attached hydrogens (tertiary/aromatic N) is 2. The number of likely N-dealkylation sites (tertiary alicyclic amines) is 1. The molecule has 1 saturated heterocycles. The van der Waals surface area contributed by atoms with E-state index in [-0.39, 0.29) is 0 Å². The van der Waals surface area contributed by atoms with Gasteiger partial charge in [0.05, 0.1) is 5.70 Å². The van der Waals surface area contributed by atoms with Gasteiger partial charge >= 0.3 is 0 Å². The summed E-state index contributed by atoms with van der Waals surface area (Å²) in [4.78, 5) is 5.14. The van der Waals surface area contributed by atoms with Crippen LogP contribution >= 0.6 is 0 Å². The second-order valence-electron chi connectivity index (χ2n) is 7.58. The lowest BCUT2D eigenvalue weighted by Gasteiger charge is -2.40. The molecule has 24 heavy (non-hydrogen) atoms. The summed E-state index contributed by atoms with van der Waals surface area (Å²) in [6.45, 7) is 8.88. The number of piperidine rings is 1. The minimum absolute atomic E-state index is 0.798. The molecule has 3 heteroatoms. The molecule has 4 heterocycles. The Labute approximate surface area is 144 Å². The van der Waals surface area contributed by atoms with Crippen molar-refractivity contribution in [3.05, 3.63) is 41.2 Å². The van der Waals surface area contributed by atoms with E-state index in [0.717, 1.165) is 31.0 Å². The van der Waals surface area contributed by atoms with E-state index in [1.54, 1.807) is 0 Å². The Morgan fingerprint density at radius 1 is 0.875 bits per heavy atom. The van der Waals surface area contributed by atoms with Crippen molar-refractivity contribution in [2.45, 2.75) is 44.9 Å². The van der Waals surface area contributed by atoms with Gasteiger partial charge < -0.3 is 14.5 Å². The molecule has 5 rings (SSSR count). The Morgan fingerprint density at radius 2 is 1.62 bits per heavy atom. The third kappa shape index (κ3) is 2.17. The first-order chi connectivity index (χ1) is 11.8. The van der Waals surface area contributed by atoms with Gasteiger partial charge in [-0.1, -0.05) is 6.58 Å². The van der Waals surface area contributed by atoms with Crippen LogP contribution in [0.5, 0.6) is 5.75 Å². The fourth-order valence-corrected chi connectivity index (χ4v) is 4.93. The number of fused-ring (bicyclic) bond motifs is 2. The molecule has 0 aliphatic carbocycles. The molecular weight excluding hydrogens is 296 g/mol. The van der Waals surface area contributed by atoms with E-state index in [1.807, 2.05) is 0 Å².